The number of rotatable bonds is 7. The monoisotopic (exact) mass is 397 g/mol. The number of likely N-dealkylation sites (N-methyl/N-ethyl adjacent to an activating group) is 1. The first kappa shape index (κ1) is 20.6. The molecule has 2 rings (SSSR count). The minimum Gasteiger partial charge on any atom is -0.495 e. The molecule has 0 aliphatic carbocycles. The van der Waals surface area contributed by atoms with Crippen molar-refractivity contribution in [2.75, 3.05) is 37.9 Å². The summed E-state index contributed by atoms with van der Waals surface area (Å²) in [7, 11) is 3.01. The summed E-state index contributed by atoms with van der Waals surface area (Å²) in [5.41, 5.74) is 0.268. The molecule has 2 aromatic carbocycles. The van der Waals surface area contributed by atoms with Gasteiger partial charge < -0.3 is 15.4 Å². The molecule has 0 atom stereocenters. The average Bonchev–Trinajstić information content (AvgIpc) is 2.57. The lowest BCUT2D eigenvalue weighted by molar-refractivity contribution is -0.119. The highest BCUT2D eigenvalue weighted by molar-refractivity contribution is 6.31. The van der Waals surface area contributed by atoms with Crippen molar-refractivity contribution in [1.29, 1.82) is 0 Å². The Bertz CT molecular complexity index is 849. The van der Waals surface area contributed by atoms with Crippen LogP contribution in [-0.4, -0.2) is 44.0 Å². The van der Waals surface area contributed by atoms with Gasteiger partial charge >= 0.3 is 0 Å². The normalized spacial score (nSPS) is 10.6. The second kappa shape index (κ2) is 9.29. The van der Waals surface area contributed by atoms with Crippen LogP contribution in [-0.2, 0) is 9.59 Å². The summed E-state index contributed by atoms with van der Waals surface area (Å²) < 4.78 is 31.6. The number of carbonyl (C=O) groups is 2. The third kappa shape index (κ3) is 6.19. The van der Waals surface area contributed by atoms with Gasteiger partial charge in [0.05, 0.1) is 31.6 Å². The number of amides is 2. The predicted octanol–water partition coefficient (Wildman–Crippen LogP) is 3.14. The Labute approximate surface area is 160 Å². The third-order valence-electron chi connectivity index (χ3n) is 3.47. The van der Waals surface area contributed by atoms with E-state index in [0.29, 0.717) is 22.5 Å². The molecule has 0 saturated heterocycles. The quantitative estimate of drug-likeness (QED) is 0.753. The van der Waals surface area contributed by atoms with Gasteiger partial charge in [-0.15, -0.1) is 0 Å². The van der Waals surface area contributed by atoms with E-state index in [9.17, 15) is 18.4 Å². The predicted molar refractivity (Wildman–Crippen MR) is 99.1 cm³/mol. The van der Waals surface area contributed by atoms with Crippen LogP contribution < -0.4 is 15.4 Å². The summed E-state index contributed by atoms with van der Waals surface area (Å²) in [5.74, 6) is -2.11. The molecule has 2 amide bonds. The molecule has 0 spiro atoms. The number of nitrogens with zero attached hydrogens (tertiary/aromatic N) is 1. The number of methoxy groups -OCH3 is 1. The van der Waals surface area contributed by atoms with Gasteiger partial charge in [-0.05, 0) is 37.4 Å². The summed E-state index contributed by atoms with van der Waals surface area (Å²) in [5, 5.41) is 5.40. The van der Waals surface area contributed by atoms with Crippen LogP contribution in [0.5, 0.6) is 5.75 Å². The summed E-state index contributed by atoms with van der Waals surface area (Å²) in [6.45, 7) is -0.272. The van der Waals surface area contributed by atoms with Crippen molar-refractivity contribution in [3.05, 3.63) is 53.1 Å². The molecule has 0 saturated carbocycles. The van der Waals surface area contributed by atoms with Gasteiger partial charge in [-0.1, -0.05) is 11.6 Å². The number of hydrogen-bond acceptors (Lipinski definition) is 4. The Morgan fingerprint density at radius 1 is 1.04 bits per heavy atom. The van der Waals surface area contributed by atoms with Crippen molar-refractivity contribution in [2.24, 2.45) is 0 Å². The maximum atomic E-state index is 13.5. The number of benzene rings is 2. The van der Waals surface area contributed by atoms with E-state index >= 15 is 0 Å². The van der Waals surface area contributed by atoms with Gasteiger partial charge in [-0.25, -0.2) is 8.78 Å². The van der Waals surface area contributed by atoms with E-state index < -0.39 is 17.5 Å². The van der Waals surface area contributed by atoms with Crippen LogP contribution >= 0.6 is 11.6 Å². The molecule has 9 heteroatoms. The summed E-state index contributed by atoms with van der Waals surface area (Å²) in [6.07, 6.45) is 0. The van der Waals surface area contributed by atoms with Crippen LogP contribution in [0.15, 0.2) is 36.4 Å². The fourth-order valence-electron chi connectivity index (χ4n) is 2.29. The molecule has 27 heavy (non-hydrogen) atoms. The maximum absolute atomic E-state index is 13.5. The zero-order valence-electron chi connectivity index (χ0n) is 14.7. The van der Waals surface area contributed by atoms with E-state index in [4.69, 9.17) is 16.3 Å². The summed E-state index contributed by atoms with van der Waals surface area (Å²) >= 11 is 5.91. The molecule has 0 heterocycles. The Balaban J connectivity index is 1.89. The molecular formula is C18H18ClF2N3O3. The molecule has 0 unspecified atom stereocenters. The van der Waals surface area contributed by atoms with Gasteiger partial charge in [0.15, 0.2) is 0 Å². The first-order valence-corrected chi connectivity index (χ1v) is 8.23. The lowest BCUT2D eigenvalue weighted by Gasteiger charge is -2.17. The number of ether oxygens (including phenoxy) is 1. The van der Waals surface area contributed by atoms with Gasteiger partial charge in [0.1, 0.15) is 17.4 Å². The van der Waals surface area contributed by atoms with Gasteiger partial charge in [0, 0.05) is 11.1 Å². The lowest BCUT2D eigenvalue weighted by atomic mass is 10.3. The number of anilines is 2. The Hall–Kier alpha value is -2.71. The Morgan fingerprint density at radius 3 is 2.26 bits per heavy atom. The van der Waals surface area contributed by atoms with Gasteiger partial charge in [-0.2, -0.15) is 0 Å². The number of hydrogen-bond donors (Lipinski definition) is 2. The third-order valence-corrected chi connectivity index (χ3v) is 3.70. The van der Waals surface area contributed by atoms with Crippen LogP contribution in [0.2, 0.25) is 5.02 Å². The van der Waals surface area contributed by atoms with E-state index in [2.05, 4.69) is 10.6 Å². The second-order valence-corrected chi connectivity index (χ2v) is 6.17. The topological polar surface area (TPSA) is 70.7 Å². The number of nitrogens with one attached hydrogen (secondary N) is 2. The summed E-state index contributed by atoms with van der Waals surface area (Å²) in [6, 6.07) is 7.62. The van der Waals surface area contributed by atoms with E-state index in [1.807, 2.05) is 0 Å². The van der Waals surface area contributed by atoms with Gasteiger partial charge in [0.25, 0.3) is 0 Å². The molecule has 2 aromatic rings. The molecule has 0 aliphatic rings. The van der Waals surface area contributed by atoms with Crippen LogP contribution in [0.3, 0.4) is 0 Å². The molecule has 0 aromatic heterocycles. The van der Waals surface area contributed by atoms with E-state index in [1.54, 1.807) is 25.2 Å². The van der Waals surface area contributed by atoms with Crippen molar-refractivity contribution in [3.8, 4) is 5.75 Å². The van der Waals surface area contributed by atoms with Crippen LogP contribution in [0.25, 0.3) is 0 Å². The highest BCUT2D eigenvalue weighted by Gasteiger charge is 2.14. The molecular weight excluding hydrogens is 380 g/mol. The first-order chi connectivity index (χ1) is 12.8. The molecule has 2 N–H and O–H groups in total. The number of halogens is 3. The summed E-state index contributed by atoms with van der Waals surface area (Å²) in [4.78, 5) is 25.5. The smallest absolute Gasteiger partial charge is 0.238 e. The van der Waals surface area contributed by atoms with E-state index in [1.165, 1.54) is 12.0 Å². The van der Waals surface area contributed by atoms with Crippen molar-refractivity contribution in [1.82, 2.24) is 4.90 Å². The molecule has 0 fully saturated rings. The maximum Gasteiger partial charge on any atom is 0.238 e. The van der Waals surface area contributed by atoms with Gasteiger partial charge in [-0.3, -0.25) is 14.5 Å². The van der Waals surface area contributed by atoms with Crippen molar-refractivity contribution in [2.45, 2.75) is 0 Å². The molecule has 0 bridgehead atoms. The van der Waals surface area contributed by atoms with Gasteiger partial charge in [0.2, 0.25) is 11.8 Å². The van der Waals surface area contributed by atoms with Crippen LogP contribution in [0, 0.1) is 11.6 Å². The Morgan fingerprint density at radius 2 is 1.67 bits per heavy atom. The Kier molecular flexibility index (Phi) is 7.09. The van der Waals surface area contributed by atoms with Crippen molar-refractivity contribution in [3.63, 3.8) is 0 Å². The molecule has 144 valence electrons. The lowest BCUT2D eigenvalue weighted by Crippen LogP contribution is -2.36. The zero-order valence-corrected chi connectivity index (χ0v) is 15.4. The zero-order chi connectivity index (χ0) is 20.0. The molecule has 0 aliphatic heterocycles. The largest absolute Gasteiger partial charge is 0.495 e. The standard InChI is InChI=1S/C18H18ClF2N3O3/c1-24(9-17(25)22-14-5-4-12(20)8-13(14)21)10-18(26)23-15-7-11(19)3-6-16(15)27-2/h3-8H,9-10H2,1-2H3,(H,22,25)(H,23,26). The van der Waals surface area contributed by atoms with Crippen LogP contribution in [0.1, 0.15) is 0 Å². The minimum atomic E-state index is -0.878. The first-order valence-electron chi connectivity index (χ1n) is 7.85. The highest BCUT2D eigenvalue weighted by atomic mass is 35.5. The fraction of sp³-hybridized carbons (Fsp3) is 0.222. The SMILES string of the molecule is COc1ccc(Cl)cc1NC(=O)CN(C)CC(=O)Nc1ccc(F)cc1F. The molecule has 0 radical (unpaired) electrons. The molecule has 6 nitrogen and oxygen atoms in total. The van der Waals surface area contributed by atoms with Crippen LogP contribution in [0.4, 0.5) is 20.2 Å². The fourth-order valence-corrected chi connectivity index (χ4v) is 2.47. The van der Waals surface area contributed by atoms with Crippen molar-refractivity contribution >= 4 is 34.8 Å². The van der Waals surface area contributed by atoms with E-state index in [0.717, 1.165) is 12.1 Å². The number of carbonyl (C=O) groups excluding carboxylic acids is 2. The van der Waals surface area contributed by atoms with E-state index in [-0.39, 0.29) is 24.7 Å². The van der Waals surface area contributed by atoms with Crippen molar-refractivity contribution < 1.29 is 23.1 Å². The highest BCUT2D eigenvalue weighted by Crippen LogP contribution is 2.27. The second-order valence-electron chi connectivity index (χ2n) is 5.74. The average molecular weight is 398 g/mol. The minimum absolute atomic E-state index is 0.102.